The Labute approximate surface area is 360 Å². The summed E-state index contributed by atoms with van der Waals surface area (Å²) in [5, 5.41) is 32.9. The summed E-state index contributed by atoms with van der Waals surface area (Å²) in [5.41, 5.74) is 2.12. The summed E-state index contributed by atoms with van der Waals surface area (Å²) in [6.07, 6.45) is -10.4. The van der Waals surface area contributed by atoms with Crippen molar-refractivity contribution in [1.82, 2.24) is 9.13 Å². The maximum Gasteiger partial charge on any atom is 0.417 e. The summed E-state index contributed by atoms with van der Waals surface area (Å²) in [4.78, 5) is 0. The Morgan fingerprint density at radius 3 is 1.14 bits per heavy atom. The maximum absolute atomic E-state index is 15.0. The third kappa shape index (κ3) is 6.40. The van der Waals surface area contributed by atoms with Crippen molar-refractivity contribution in [3.8, 4) is 63.0 Å². The molecule has 0 radical (unpaired) electrons. The number of fused-ring (bicyclic) bond motifs is 6. The molecular formula is C53H27F6N5. The fraction of sp³-hybridized carbons (Fsp3) is 0.0377. The zero-order valence-corrected chi connectivity index (χ0v) is 33.1. The van der Waals surface area contributed by atoms with Crippen molar-refractivity contribution in [3.05, 3.63) is 192 Å². The summed E-state index contributed by atoms with van der Waals surface area (Å²) in [5.74, 6) is 0. The number of aromatic nitrogens is 2. The predicted octanol–water partition coefficient (Wildman–Crippen LogP) is 14.5. The van der Waals surface area contributed by atoms with E-state index in [9.17, 15) is 15.8 Å². The number of halogens is 6. The number of hydrogen-bond acceptors (Lipinski definition) is 3. The quantitative estimate of drug-likeness (QED) is 0.162. The van der Waals surface area contributed by atoms with Gasteiger partial charge in [0.25, 0.3) is 0 Å². The van der Waals surface area contributed by atoms with Crippen molar-refractivity contribution >= 4 is 43.6 Å². The lowest BCUT2D eigenvalue weighted by molar-refractivity contribution is -0.142. The standard InChI is InChI=1S/C53H27F6N5/c54-52(55,56)43-8-5-9-44(53(57,58)59)51(43)37-26-49(63-45-10-3-1-6-38(45)40-24-35(20-22-47(40)63)33-16-12-31(28-60)13-17-33)42(30-62)50(27-37)64-46-11-4-2-7-39(46)41-25-36(21-23-48(41)64)34-18-14-32(29-61)15-19-34/h1-27H. The number of alkyl halides is 6. The molecule has 306 valence electrons. The van der Waals surface area contributed by atoms with Gasteiger partial charge in [0.1, 0.15) is 11.6 Å². The van der Waals surface area contributed by atoms with E-state index in [0.717, 1.165) is 39.1 Å². The van der Waals surface area contributed by atoms with Gasteiger partial charge < -0.3 is 9.13 Å². The van der Waals surface area contributed by atoms with E-state index in [0.29, 0.717) is 56.1 Å². The van der Waals surface area contributed by atoms with Crippen LogP contribution in [0.3, 0.4) is 0 Å². The van der Waals surface area contributed by atoms with Crippen LogP contribution in [-0.4, -0.2) is 9.13 Å². The summed E-state index contributed by atoms with van der Waals surface area (Å²) >= 11 is 0. The number of para-hydroxylation sites is 2. The normalized spacial score (nSPS) is 11.9. The summed E-state index contributed by atoms with van der Waals surface area (Å²) in [7, 11) is 0. The predicted molar refractivity (Wildman–Crippen MR) is 236 cm³/mol. The molecule has 0 aliphatic heterocycles. The Kier molecular flexibility index (Phi) is 9.14. The lowest BCUT2D eigenvalue weighted by Crippen LogP contribution is -2.15. The second kappa shape index (κ2) is 14.8. The van der Waals surface area contributed by atoms with E-state index in [4.69, 9.17) is 0 Å². The highest BCUT2D eigenvalue weighted by Crippen LogP contribution is 2.48. The van der Waals surface area contributed by atoms with E-state index < -0.39 is 34.6 Å². The maximum atomic E-state index is 15.0. The van der Waals surface area contributed by atoms with Crippen molar-refractivity contribution in [3.63, 3.8) is 0 Å². The minimum atomic E-state index is -5.19. The van der Waals surface area contributed by atoms with Gasteiger partial charge in [0.2, 0.25) is 0 Å². The van der Waals surface area contributed by atoms with Gasteiger partial charge in [-0.2, -0.15) is 42.1 Å². The molecule has 11 heteroatoms. The molecular weight excluding hydrogens is 821 g/mol. The molecule has 10 rings (SSSR count). The first-order valence-corrected chi connectivity index (χ1v) is 19.8. The first-order chi connectivity index (χ1) is 30.9. The highest BCUT2D eigenvalue weighted by Gasteiger charge is 2.41. The molecule has 2 heterocycles. The van der Waals surface area contributed by atoms with Crippen molar-refractivity contribution in [2.45, 2.75) is 12.4 Å². The molecule has 0 aliphatic carbocycles. The Balaban J connectivity index is 1.33. The number of rotatable bonds is 5. The molecule has 0 bridgehead atoms. The molecule has 10 aromatic rings. The van der Waals surface area contributed by atoms with Gasteiger partial charge in [-0.15, -0.1) is 0 Å². The summed E-state index contributed by atoms with van der Waals surface area (Å²) in [6, 6.07) is 50.8. The Morgan fingerprint density at radius 1 is 0.359 bits per heavy atom. The van der Waals surface area contributed by atoms with Crippen LogP contribution in [0.15, 0.2) is 164 Å². The molecule has 0 N–H and O–H groups in total. The molecule has 8 aromatic carbocycles. The van der Waals surface area contributed by atoms with E-state index in [-0.39, 0.29) is 16.9 Å². The largest absolute Gasteiger partial charge is 0.417 e. The van der Waals surface area contributed by atoms with Gasteiger partial charge in [-0.3, -0.25) is 0 Å². The molecule has 0 unspecified atom stereocenters. The number of benzene rings is 8. The van der Waals surface area contributed by atoms with Gasteiger partial charge in [-0.25, -0.2) is 0 Å². The molecule has 0 saturated heterocycles. The summed E-state index contributed by atoms with van der Waals surface area (Å²) in [6.45, 7) is 0. The summed E-state index contributed by atoms with van der Waals surface area (Å²) < 4.78 is 93.5. The van der Waals surface area contributed by atoms with Gasteiger partial charge in [0.15, 0.2) is 0 Å². The van der Waals surface area contributed by atoms with Crippen molar-refractivity contribution in [2.75, 3.05) is 0 Å². The fourth-order valence-electron chi connectivity index (χ4n) is 8.86. The number of hydrogen-bond donors (Lipinski definition) is 0. The fourth-order valence-corrected chi connectivity index (χ4v) is 8.86. The monoisotopic (exact) mass is 847 g/mol. The zero-order valence-electron chi connectivity index (χ0n) is 33.1. The van der Waals surface area contributed by atoms with Crippen LogP contribution in [0.2, 0.25) is 0 Å². The van der Waals surface area contributed by atoms with E-state index in [2.05, 4.69) is 18.2 Å². The highest BCUT2D eigenvalue weighted by molar-refractivity contribution is 6.12. The molecule has 5 nitrogen and oxygen atoms in total. The Hall–Kier alpha value is -8.59. The molecule has 0 fully saturated rings. The molecule has 0 atom stereocenters. The van der Waals surface area contributed by atoms with Crippen LogP contribution in [0.1, 0.15) is 27.8 Å². The smallest absolute Gasteiger partial charge is 0.308 e. The number of nitriles is 3. The van der Waals surface area contributed by atoms with Crippen LogP contribution in [0.5, 0.6) is 0 Å². The van der Waals surface area contributed by atoms with Gasteiger partial charge in [0, 0.05) is 27.1 Å². The highest BCUT2D eigenvalue weighted by atomic mass is 19.4. The topological polar surface area (TPSA) is 81.2 Å². The molecule has 64 heavy (non-hydrogen) atoms. The van der Waals surface area contributed by atoms with Crippen LogP contribution in [0, 0.1) is 34.0 Å². The molecule has 0 amide bonds. The van der Waals surface area contributed by atoms with E-state index >= 15 is 26.3 Å². The second-order valence-electron chi connectivity index (χ2n) is 15.3. The first kappa shape index (κ1) is 39.5. The first-order valence-electron chi connectivity index (χ1n) is 19.8. The minimum absolute atomic E-state index is 0.000516. The van der Waals surface area contributed by atoms with Crippen molar-refractivity contribution in [2.24, 2.45) is 0 Å². The lowest BCUT2D eigenvalue weighted by Gasteiger charge is -2.22. The van der Waals surface area contributed by atoms with Crippen molar-refractivity contribution in [1.29, 1.82) is 15.8 Å². The SMILES string of the molecule is N#Cc1ccc(-c2ccc3c(c2)c2ccccc2n3-c2cc(-c3c(C(F)(F)F)cccc3C(F)(F)F)cc(-n3c4ccccc4c4cc(-c5ccc(C#N)cc5)ccc43)c2C#N)cc1. The lowest BCUT2D eigenvalue weighted by atomic mass is 9.91. The van der Waals surface area contributed by atoms with E-state index in [1.54, 1.807) is 57.7 Å². The minimum Gasteiger partial charge on any atom is -0.308 e. The van der Waals surface area contributed by atoms with E-state index in [1.165, 1.54) is 12.1 Å². The van der Waals surface area contributed by atoms with Crippen LogP contribution in [0.4, 0.5) is 26.3 Å². The van der Waals surface area contributed by atoms with Crippen molar-refractivity contribution < 1.29 is 26.3 Å². The van der Waals surface area contributed by atoms with Crippen LogP contribution >= 0.6 is 0 Å². The molecule has 0 spiro atoms. The molecule has 0 aliphatic rings. The van der Waals surface area contributed by atoms with Crippen LogP contribution in [-0.2, 0) is 12.4 Å². The van der Waals surface area contributed by atoms with Gasteiger partial charge in [0.05, 0.1) is 67.8 Å². The van der Waals surface area contributed by atoms with Gasteiger partial charge >= 0.3 is 12.4 Å². The second-order valence-corrected chi connectivity index (χ2v) is 15.3. The Bertz CT molecular complexity index is 3440. The average Bonchev–Trinajstić information content (AvgIpc) is 3.82. The van der Waals surface area contributed by atoms with Gasteiger partial charge in [-0.05, 0) is 113 Å². The average molecular weight is 848 g/mol. The number of nitrogens with zero attached hydrogens (tertiary/aromatic N) is 5. The Morgan fingerprint density at radius 2 is 0.750 bits per heavy atom. The third-order valence-electron chi connectivity index (χ3n) is 11.7. The van der Waals surface area contributed by atoms with Gasteiger partial charge in [-0.1, -0.05) is 78.9 Å². The molecule has 2 aromatic heterocycles. The van der Waals surface area contributed by atoms with Crippen LogP contribution in [0.25, 0.3) is 88.4 Å². The third-order valence-corrected chi connectivity index (χ3v) is 11.7. The molecule has 0 saturated carbocycles. The van der Waals surface area contributed by atoms with E-state index in [1.807, 2.05) is 84.9 Å². The van der Waals surface area contributed by atoms with Crippen LogP contribution < -0.4 is 0 Å². The zero-order chi connectivity index (χ0) is 44.5.